The maximum atomic E-state index is 13.4. The van der Waals surface area contributed by atoms with E-state index < -0.39 is 5.82 Å². The zero-order valence-electron chi connectivity index (χ0n) is 9.38. The molecule has 0 radical (unpaired) electrons. The summed E-state index contributed by atoms with van der Waals surface area (Å²) in [5.74, 6) is -0.418. The number of benzene rings is 1. The smallest absolute Gasteiger partial charge is 0.321 e. The summed E-state index contributed by atoms with van der Waals surface area (Å²) in [6.07, 6.45) is 3.21. The Hall–Kier alpha value is -1.10. The lowest BCUT2D eigenvalue weighted by atomic mass is 10.1. The minimum atomic E-state index is -0.418. The maximum absolute atomic E-state index is 13.4. The van der Waals surface area contributed by atoms with Gasteiger partial charge in [0.15, 0.2) is 0 Å². The number of halogens is 2. The zero-order chi connectivity index (χ0) is 12.3. The van der Waals surface area contributed by atoms with Gasteiger partial charge >= 0.3 is 6.03 Å². The monoisotopic (exact) mass is 300 g/mol. The summed E-state index contributed by atoms with van der Waals surface area (Å²) in [5, 5.41) is 2.60. The molecule has 2 rings (SSSR count). The van der Waals surface area contributed by atoms with Crippen LogP contribution in [-0.2, 0) is 0 Å². The first-order valence-corrected chi connectivity index (χ1v) is 6.47. The van der Waals surface area contributed by atoms with Crippen molar-refractivity contribution in [1.29, 1.82) is 0 Å². The Balaban J connectivity index is 2.04. The van der Waals surface area contributed by atoms with E-state index in [0.29, 0.717) is 0 Å². The van der Waals surface area contributed by atoms with Gasteiger partial charge in [-0.1, -0.05) is 15.9 Å². The summed E-state index contributed by atoms with van der Waals surface area (Å²) < 4.78 is 14.2. The van der Waals surface area contributed by atoms with Gasteiger partial charge in [0.1, 0.15) is 5.82 Å². The first-order valence-electron chi connectivity index (χ1n) is 5.68. The van der Waals surface area contributed by atoms with Crippen LogP contribution in [0.1, 0.15) is 19.3 Å². The van der Waals surface area contributed by atoms with E-state index in [0.717, 1.165) is 36.8 Å². The molecule has 3 nitrogen and oxygen atoms in total. The van der Waals surface area contributed by atoms with Crippen LogP contribution in [0.2, 0.25) is 0 Å². The van der Waals surface area contributed by atoms with Gasteiger partial charge < -0.3 is 10.2 Å². The standard InChI is InChI=1S/C12H14BrFN2O/c13-9-4-5-10(14)11(8-9)15-12(17)16-6-2-1-3-7-16/h4-5,8H,1-3,6-7H2,(H,15,17). The third-order valence-electron chi connectivity index (χ3n) is 2.81. The van der Waals surface area contributed by atoms with Crippen molar-refractivity contribution in [3.8, 4) is 0 Å². The van der Waals surface area contributed by atoms with Gasteiger partial charge in [0, 0.05) is 17.6 Å². The Morgan fingerprint density at radius 3 is 2.71 bits per heavy atom. The van der Waals surface area contributed by atoms with Crippen molar-refractivity contribution >= 4 is 27.6 Å². The van der Waals surface area contributed by atoms with Crippen LogP contribution in [0.3, 0.4) is 0 Å². The van der Waals surface area contributed by atoms with Gasteiger partial charge in [0.25, 0.3) is 0 Å². The average molecular weight is 301 g/mol. The van der Waals surface area contributed by atoms with Crippen LogP contribution in [0, 0.1) is 5.82 Å². The predicted molar refractivity (Wildman–Crippen MR) is 68.5 cm³/mol. The molecular weight excluding hydrogens is 287 g/mol. The van der Waals surface area contributed by atoms with Gasteiger partial charge in [-0.25, -0.2) is 9.18 Å². The lowest BCUT2D eigenvalue weighted by Crippen LogP contribution is -2.38. The molecule has 0 unspecified atom stereocenters. The van der Waals surface area contributed by atoms with Crippen molar-refractivity contribution in [1.82, 2.24) is 4.90 Å². The molecule has 0 atom stereocenters. The molecule has 17 heavy (non-hydrogen) atoms. The minimum Gasteiger partial charge on any atom is -0.325 e. The first-order chi connectivity index (χ1) is 8.16. The number of rotatable bonds is 1. The second-order valence-corrected chi connectivity index (χ2v) is 5.02. The molecular formula is C12H14BrFN2O. The molecule has 1 saturated heterocycles. The normalized spacial score (nSPS) is 15.8. The quantitative estimate of drug-likeness (QED) is 0.844. The van der Waals surface area contributed by atoms with Gasteiger partial charge in [-0.15, -0.1) is 0 Å². The number of nitrogens with zero attached hydrogens (tertiary/aromatic N) is 1. The minimum absolute atomic E-state index is 0.218. The molecule has 92 valence electrons. The fourth-order valence-corrected chi connectivity index (χ4v) is 2.25. The molecule has 1 heterocycles. The molecule has 1 aliphatic heterocycles. The number of hydrogen-bond donors (Lipinski definition) is 1. The number of nitrogens with one attached hydrogen (secondary N) is 1. The Labute approximate surface area is 108 Å². The van der Waals surface area contributed by atoms with Crippen LogP contribution in [0.25, 0.3) is 0 Å². The highest BCUT2D eigenvalue weighted by Gasteiger charge is 2.17. The predicted octanol–water partition coefficient (Wildman–Crippen LogP) is 3.61. The highest BCUT2D eigenvalue weighted by atomic mass is 79.9. The van der Waals surface area contributed by atoms with Crippen LogP contribution in [0.4, 0.5) is 14.9 Å². The molecule has 2 amide bonds. The summed E-state index contributed by atoms with van der Waals surface area (Å²) in [7, 11) is 0. The number of likely N-dealkylation sites (tertiary alicyclic amines) is 1. The molecule has 1 aromatic carbocycles. The van der Waals surface area contributed by atoms with Crippen molar-refractivity contribution in [2.24, 2.45) is 0 Å². The van der Waals surface area contributed by atoms with E-state index in [2.05, 4.69) is 21.2 Å². The SMILES string of the molecule is O=C(Nc1cc(Br)ccc1F)N1CCCCC1. The third kappa shape index (κ3) is 3.19. The molecule has 0 saturated carbocycles. The van der Waals surface area contributed by atoms with E-state index in [1.165, 1.54) is 6.07 Å². The van der Waals surface area contributed by atoms with E-state index in [1.807, 2.05) is 0 Å². The van der Waals surface area contributed by atoms with Crippen molar-refractivity contribution in [3.05, 3.63) is 28.5 Å². The summed E-state index contributed by atoms with van der Waals surface area (Å²) in [4.78, 5) is 13.6. The molecule has 1 aromatic rings. The topological polar surface area (TPSA) is 32.3 Å². The molecule has 0 bridgehead atoms. The second kappa shape index (κ2) is 5.49. The fraction of sp³-hybridized carbons (Fsp3) is 0.417. The molecule has 1 fully saturated rings. The second-order valence-electron chi connectivity index (χ2n) is 4.10. The Kier molecular flexibility index (Phi) is 3.99. The molecule has 5 heteroatoms. The van der Waals surface area contributed by atoms with E-state index in [1.54, 1.807) is 17.0 Å². The van der Waals surface area contributed by atoms with Crippen molar-refractivity contribution in [2.45, 2.75) is 19.3 Å². The maximum Gasteiger partial charge on any atom is 0.321 e. The lowest BCUT2D eigenvalue weighted by Gasteiger charge is -2.26. The Morgan fingerprint density at radius 1 is 1.29 bits per heavy atom. The van der Waals surface area contributed by atoms with Gasteiger partial charge in [0.05, 0.1) is 5.69 Å². The van der Waals surface area contributed by atoms with Crippen molar-refractivity contribution in [2.75, 3.05) is 18.4 Å². The number of amides is 2. The van der Waals surface area contributed by atoms with E-state index >= 15 is 0 Å². The van der Waals surface area contributed by atoms with E-state index in [9.17, 15) is 9.18 Å². The molecule has 0 aromatic heterocycles. The van der Waals surface area contributed by atoms with Crippen LogP contribution in [0.5, 0.6) is 0 Å². The lowest BCUT2D eigenvalue weighted by molar-refractivity contribution is 0.200. The molecule has 0 spiro atoms. The Morgan fingerprint density at radius 2 is 2.00 bits per heavy atom. The summed E-state index contributed by atoms with van der Waals surface area (Å²) in [6.45, 7) is 1.50. The van der Waals surface area contributed by atoms with Gasteiger partial charge in [-0.2, -0.15) is 0 Å². The number of hydrogen-bond acceptors (Lipinski definition) is 1. The third-order valence-corrected chi connectivity index (χ3v) is 3.31. The molecule has 0 aliphatic carbocycles. The first kappa shape index (κ1) is 12.4. The van der Waals surface area contributed by atoms with Gasteiger partial charge in [0.2, 0.25) is 0 Å². The average Bonchev–Trinajstić information content (AvgIpc) is 2.35. The van der Waals surface area contributed by atoms with E-state index in [-0.39, 0.29) is 11.7 Å². The van der Waals surface area contributed by atoms with E-state index in [4.69, 9.17) is 0 Å². The number of anilines is 1. The highest BCUT2D eigenvalue weighted by Crippen LogP contribution is 2.21. The molecule has 1 aliphatic rings. The van der Waals surface area contributed by atoms with Crippen LogP contribution < -0.4 is 5.32 Å². The summed E-state index contributed by atoms with van der Waals surface area (Å²) in [6, 6.07) is 4.28. The van der Waals surface area contributed by atoms with Crippen LogP contribution >= 0.6 is 15.9 Å². The van der Waals surface area contributed by atoms with Gasteiger partial charge in [-0.3, -0.25) is 0 Å². The van der Waals surface area contributed by atoms with Gasteiger partial charge in [-0.05, 0) is 37.5 Å². The number of piperidine rings is 1. The van der Waals surface area contributed by atoms with Crippen molar-refractivity contribution < 1.29 is 9.18 Å². The van der Waals surface area contributed by atoms with Crippen LogP contribution in [-0.4, -0.2) is 24.0 Å². The Bertz CT molecular complexity index is 419. The molecule has 1 N–H and O–H groups in total. The highest BCUT2D eigenvalue weighted by molar-refractivity contribution is 9.10. The number of carbonyl (C=O) groups excluding carboxylic acids is 1. The number of urea groups is 1. The fourth-order valence-electron chi connectivity index (χ4n) is 1.88. The zero-order valence-corrected chi connectivity index (χ0v) is 11.0. The summed E-state index contributed by atoms with van der Waals surface area (Å²) in [5.41, 5.74) is 0.218. The van der Waals surface area contributed by atoms with Crippen LogP contribution in [0.15, 0.2) is 22.7 Å². The summed E-state index contributed by atoms with van der Waals surface area (Å²) >= 11 is 3.25. The largest absolute Gasteiger partial charge is 0.325 e. The van der Waals surface area contributed by atoms with Crippen molar-refractivity contribution in [3.63, 3.8) is 0 Å². The number of carbonyl (C=O) groups is 1.